The molecular formula is C80H56N8. The van der Waals surface area contributed by atoms with E-state index in [0.717, 1.165) is 102 Å². The second-order valence-corrected chi connectivity index (χ2v) is 22.5. The van der Waals surface area contributed by atoms with Crippen molar-refractivity contribution in [1.29, 1.82) is 0 Å². The van der Waals surface area contributed by atoms with Crippen LogP contribution in [0, 0.1) is 13.8 Å². The fourth-order valence-corrected chi connectivity index (χ4v) is 12.6. The van der Waals surface area contributed by atoms with Gasteiger partial charge in [0, 0.05) is 77.9 Å². The lowest BCUT2D eigenvalue weighted by atomic mass is 10.0. The van der Waals surface area contributed by atoms with Crippen molar-refractivity contribution in [2.24, 2.45) is 0 Å². The fourth-order valence-electron chi connectivity index (χ4n) is 12.6. The van der Waals surface area contributed by atoms with Crippen molar-refractivity contribution in [1.82, 2.24) is 29.1 Å². The largest absolute Gasteiger partial charge is 0.309 e. The molecule has 8 nitrogen and oxygen atoms in total. The highest BCUT2D eigenvalue weighted by Crippen LogP contribution is 2.42. The molecule has 11 aromatic carbocycles. The Morgan fingerprint density at radius 1 is 0.261 bits per heavy atom. The molecule has 88 heavy (non-hydrogen) atoms. The Morgan fingerprint density at radius 3 is 0.864 bits per heavy atom. The molecule has 8 heteroatoms. The minimum absolute atomic E-state index is 0.789. The quantitative estimate of drug-likeness (QED) is 0.121. The predicted molar refractivity (Wildman–Crippen MR) is 364 cm³/mol. The lowest BCUT2D eigenvalue weighted by Crippen LogP contribution is -2.11. The van der Waals surface area contributed by atoms with Crippen molar-refractivity contribution >= 4 is 88.8 Å². The number of aromatic nitrogens is 6. The molecule has 0 unspecified atom stereocenters. The Bertz CT molecular complexity index is 4790. The average molecular weight is 1130 g/mol. The molecule has 0 saturated heterocycles. The van der Waals surface area contributed by atoms with E-state index < -0.39 is 0 Å². The molecule has 416 valence electrons. The number of hydrogen-bond acceptors (Lipinski definition) is 6. The van der Waals surface area contributed by atoms with Gasteiger partial charge in [0.2, 0.25) is 0 Å². The van der Waals surface area contributed by atoms with Crippen LogP contribution in [0.25, 0.3) is 111 Å². The van der Waals surface area contributed by atoms with E-state index in [1.807, 2.05) is 36.7 Å². The Hall–Kier alpha value is -11.7. The number of fused-ring (bicyclic) bond motifs is 7. The maximum atomic E-state index is 5.38. The number of para-hydroxylation sites is 6. The van der Waals surface area contributed by atoms with Gasteiger partial charge in [-0.25, -0.2) is 9.97 Å². The second kappa shape index (κ2) is 21.7. The van der Waals surface area contributed by atoms with Gasteiger partial charge in [-0.1, -0.05) is 169 Å². The zero-order valence-electron chi connectivity index (χ0n) is 48.4. The standard InChI is InChI=1S/C80H56N8/c1-53-23-27-55(28-24-53)71-49-47-65(51-81-71)85(61-39-43-63(44-40-61)87-75-19-9-3-13-67(75)68-14-4-10-20-76(68)87)59-35-31-57(32-36-59)79-80(84-74-18-8-7-17-73(74)83-79)58-33-37-60(38-34-58)86(66-48-50-72(82-52-66)56-29-25-54(2)26-30-56)62-41-45-64(46-42-62)88-77-21-11-5-15-69(77)70-16-6-12-22-78(70)88/h3-52H,1-2H3. The van der Waals surface area contributed by atoms with Crippen LogP contribution in [-0.2, 0) is 0 Å². The summed E-state index contributed by atoms with van der Waals surface area (Å²) in [7, 11) is 0. The first-order valence-electron chi connectivity index (χ1n) is 29.8. The number of nitrogens with zero attached hydrogens (tertiary/aromatic N) is 8. The van der Waals surface area contributed by atoms with E-state index in [1.165, 1.54) is 54.7 Å². The molecule has 5 heterocycles. The van der Waals surface area contributed by atoms with E-state index in [2.05, 4.69) is 300 Å². The van der Waals surface area contributed by atoms with Gasteiger partial charge < -0.3 is 18.9 Å². The summed E-state index contributed by atoms with van der Waals surface area (Å²) in [6, 6.07) is 103. The zero-order chi connectivity index (χ0) is 58.7. The Morgan fingerprint density at radius 2 is 0.545 bits per heavy atom. The van der Waals surface area contributed by atoms with Crippen molar-refractivity contribution in [2.45, 2.75) is 13.8 Å². The first-order valence-corrected chi connectivity index (χ1v) is 29.8. The summed E-state index contributed by atoms with van der Waals surface area (Å²) in [6.07, 6.45) is 3.95. The summed E-state index contributed by atoms with van der Waals surface area (Å²) in [5, 5.41) is 4.92. The highest BCUT2D eigenvalue weighted by Gasteiger charge is 2.21. The third kappa shape index (κ3) is 9.28. The topological polar surface area (TPSA) is 67.9 Å². The second-order valence-electron chi connectivity index (χ2n) is 22.5. The summed E-state index contributed by atoms with van der Waals surface area (Å²) in [5.74, 6) is 0. The van der Waals surface area contributed by atoms with Gasteiger partial charge in [-0.05, 0) is 147 Å². The summed E-state index contributed by atoms with van der Waals surface area (Å²) < 4.78 is 4.71. The molecular weight excluding hydrogens is 1070 g/mol. The van der Waals surface area contributed by atoms with Crippen LogP contribution in [0.2, 0.25) is 0 Å². The number of benzene rings is 11. The molecule has 0 aliphatic heterocycles. The smallest absolute Gasteiger partial charge is 0.0973 e. The van der Waals surface area contributed by atoms with Crippen LogP contribution in [-0.4, -0.2) is 29.1 Å². The van der Waals surface area contributed by atoms with Crippen LogP contribution in [0.15, 0.2) is 304 Å². The van der Waals surface area contributed by atoms with Crippen molar-refractivity contribution in [3.8, 4) is 56.4 Å². The molecule has 0 aliphatic carbocycles. The number of rotatable bonds is 12. The van der Waals surface area contributed by atoms with Gasteiger partial charge in [0.15, 0.2) is 0 Å². The molecule has 0 radical (unpaired) electrons. The predicted octanol–water partition coefficient (Wildman–Crippen LogP) is 20.8. The van der Waals surface area contributed by atoms with Crippen LogP contribution < -0.4 is 9.80 Å². The van der Waals surface area contributed by atoms with Crippen molar-refractivity contribution in [3.63, 3.8) is 0 Å². The van der Waals surface area contributed by atoms with Crippen LogP contribution in [0.4, 0.5) is 34.1 Å². The SMILES string of the molecule is Cc1ccc(-c2ccc(N(c3ccc(-c4nc5ccccc5nc4-c4ccc(N(c5ccc(-n6c7ccccc7c7ccccc76)cc5)c5ccc(-c6ccc(C)cc6)nc5)cc4)cc3)c3ccc(-n4c5ccccc5c5ccccc54)cc3)cn2)cc1. The minimum atomic E-state index is 0.789. The van der Waals surface area contributed by atoms with Crippen molar-refractivity contribution < 1.29 is 0 Å². The number of pyridine rings is 2. The van der Waals surface area contributed by atoms with Gasteiger partial charge in [-0.15, -0.1) is 0 Å². The van der Waals surface area contributed by atoms with E-state index in [9.17, 15) is 0 Å². The molecule has 0 bridgehead atoms. The lowest BCUT2D eigenvalue weighted by Gasteiger charge is -2.26. The monoisotopic (exact) mass is 1130 g/mol. The molecule has 5 aromatic heterocycles. The van der Waals surface area contributed by atoms with Crippen molar-refractivity contribution in [3.05, 3.63) is 315 Å². The van der Waals surface area contributed by atoms with Gasteiger partial charge in [0.1, 0.15) is 0 Å². The van der Waals surface area contributed by atoms with Crippen LogP contribution >= 0.6 is 0 Å². The van der Waals surface area contributed by atoms with E-state index >= 15 is 0 Å². The van der Waals surface area contributed by atoms with Crippen molar-refractivity contribution in [2.75, 3.05) is 9.80 Å². The molecule has 0 saturated carbocycles. The summed E-state index contributed by atoms with van der Waals surface area (Å²) in [6.45, 7) is 4.21. The lowest BCUT2D eigenvalue weighted by molar-refractivity contribution is 1.17. The average Bonchev–Trinajstić information content (AvgIpc) is 2.41. The maximum absolute atomic E-state index is 5.38. The summed E-state index contributed by atoms with van der Waals surface area (Å²) in [4.78, 5) is 25.4. The third-order valence-corrected chi connectivity index (χ3v) is 17.0. The molecule has 0 atom stereocenters. The molecule has 0 amide bonds. The van der Waals surface area contributed by atoms with Gasteiger partial charge in [0.05, 0.1) is 79.6 Å². The van der Waals surface area contributed by atoms with Gasteiger partial charge in [-0.3, -0.25) is 9.97 Å². The van der Waals surface area contributed by atoms with E-state index in [1.54, 1.807) is 0 Å². The molecule has 0 fully saturated rings. The first kappa shape index (κ1) is 51.9. The van der Waals surface area contributed by atoms with Gasteiger partial charge in [0.25, 0.3) is 0 Å². The number of anilines is 6. The van der Waals surface area contributed by atoms with E-state index in [0.29, 0.717) is 0 Å². The molecule has 0 spiro atoms. The van der Waals surface area contributed by atoms with Gasteiger partial charge in [-0.2, -0.15) is 0 Å². The zero-order valence-corrected chi connectivity index (χ0v) is 48.4. The van der Waals surface area contributed by atoms with Crippen LogP contribution in [0.1, 0.15) is 11.1 Å². The maximum Gasteiger partial charge on any atom is 0.0973 e. The van der Waals surface area contributed by atoms with Gasteiger partial charge >= 0.3 is 0 Å². The normalized spacial score (nSPS) is 11.5. The highest BCUT2D eigenvalue weighted by molar-refractivity contribution is 6.10. The summed E-state index contributed by atoms with van der Waals surface area (Å²) >= 11 is 0. The van der Waals surface area contributed by atoms with Crippen LogP contribution in [0.5, 0.6) is 0 Å². The fraction of sp³-hybridized carbons (Fsp3) is 0.0250. The Balaban J connectivity index is 0.768. The molecule has 16 aromatic rings. The van der Waals surface area contributed by atoms with Crippen LogP contribution in [0.3, 0.4) is 0 Å². The molecule has 0 N–H and O–H groups in total. The number of hydrogen-bond donors (Lipinski definition) is 0. The molecule has 16 rings (SSSR count). The Labute approximate surface area is 509 Å². The summed E-state index contributed by atoms with van der Waals surface area (Å²) in [5.41, 5.74) is 24.2. The molecule has 0 aliphatic rings. The van der Waals surface area contributed by atoms with E-state index in [-0.39, 0.29) is 0 Å². The number of aryl methyl sites for hydroxylation is 2. The highest BCUT2D eigenvalue weighted by atomic mass is 15.2. The van der Waals surface area contributed by atoms with E-state index in [4.69, 9.17) is 19.9 Å². The first-order chi connectivity index (χ1) is 43.4. The minimum Gasteiger partial charge on any atom is -0.309 e. The third-order valence-electron chi connectivity index (χ3n) is 17.0. The Kier molecular flexibility index (Phi) is 12.8.